The van der Waals surface area contributed by atoms with Crippen LogP contribution in [0.3, 0.4) is 0 Å². The van der Waals surface area contributed by atoms with Gasteiger partial charge in [0.15, 0.2) is 0 Å². The van der Waals surface area contributed by atoms with Gasteiger partial charge in [-0.15, -0.1) is 0 Å². The van der Waals surface area contributed by atoms with Gasteiger partial charge in [-0.2, -0.15) is 18.2 Å². The lowest BCUT2D eigenvalue weighted by Crippen LogP contribution is -2.27. The highest BCUT2D eigenvalue weighted by molar-refractivity contribution is 7.92. The highest BCUT2D eigenvalue weighted by Crippen LogP contribution is 2.34. The number of carbonyl (C=O) groups excluding carboxylic acids is 1. The molecule has 1 amide bonds. The molecule has 1 aliphatic carbocycles. The maximum atomic E-state index is 13.7. The number of aromatic nitrogens is 3. The predicted molar refractivity (Wildman–Crippen MR) is 136 cm³/mol. The summed E-state index contributed by atoms with van der Waals surface area (Å²) in [6.45, 7) is -0.180. The number of hydrogen-bond acceptors (Lipinski definition) is 8. The van der Waals surface area contributed by atoms with Gasteiger partial charge in [-0.05, 0) is 36.6 Å². The van der Waals surface area contributed by atoms with Crippen molar-refractivity contribution in [2.45, 2.75) is 38.0 Å². The van der Waals surface area contributed by atoms with Crippen molar-refractivity contribution in [2.75, 3.05) is 28.2 Å². The third kappa shape index (κ3) is 7.09. The molecule has 0 unspecified atom stereocenters. The number of anilines is 4. The Labute approximate surface area is 217 Å². The third-order valence-corrected chi connectivity index (χ3v) is 6.89. The largest absolute Gasteiger partial charge is 0.421 e. The van der Waals surface area contributed by atoms with E-state index in [9.17, 15) is 26.4 Å². The molecule has 0 atom stereocenters. The van der Waals surface area contributed by atoms with Crippen LogP contribution in [-0.4, -0.2) is 48.6 Å². The van der Waals surface area contributed by atoms with Crippen molar-refractivity contribution < 1.29 is 26.4 Å². The molecule has 202 valence electrons. The molecule has 2 aromatic heterocycles. The molecule has 3 aromatic rings. The Hall–Kier alpha value is -3.94. The maximum absolute atomic E-state index is 13.7. The van der Waals surface area contributed by atoms with Crippen molar-refractivity contribution in [1.82, 2.24) is 20.3 Å². The van der Waals surface area contributed by atoms with Crippen LogP contribution in [0.25, 0.3) is 0 Å². The molecule has 2 heterocycles. The van der Waals surface area contributed by atoms with E-state index in [1.807, 2.05) is 0 Å². The molecule has 14 heteroatoms. The first-order chi connectivity index (χ1) is 17.9. The monoisotopic (exact) mass is 549 g/mol. The molecule has 1 saturated carbocycles. The summed E-state index contributed by atoms with van der Waals surface area (Å²) in [4.78, 5) is 23.8. The SMILES string of the molecule is CN(c1ncccc1CNc1nc(Nc2ccc(CC(=O)NC3CC3)cc2)ncc1C(F)(F)F)S(C)(=O)=O. The minimum Gasteiger partial charge on any atom is -0.365 e. The number of pyridine rings is 1. The normalized spacial score (nSPS) is 13.6. The highest BCUT2D eigenvalue weighted by atomic mass is 32.2. The summed E-state index contributed by atoms with van der Waals surface area (Å²) < 4.78 is 65.8. The van der Waals surface area contributed by atoms with Crippen LogP contribution in [0.2, 0.25) is 0 Å². The van der Waals surface area contributed by atoms with Crippen molar-refractivity contribution in [3.8, 4) is 0 Å². The van der Waals surface area contributed by atoms with Crippen molar-refractivity contribution in [3.63, 3.8) is 0 Å². The Balaban J connectivity index is 1.50. The molecule has 4 rings (SSSR count). The van der Waals surface area contributed by atoms with Crippen molar-refractivity contribution >= 4 is 39.2 Å². The minimum absolute atomic E-state index is 0.0606. The van der Waals surface area contributed by atoms with Gasteiger partial charge in [0.25, 0.3) is 0 Å². The molecule has 1 fully saturated rings. The van der Waals surface area contributed by atoms with Crippen molar-refractivity contribution in [3.05, 3.63) is 65.5 Å². The average Bonchev–Trinajstić information content (AvgIpc) is 3.66. The predicted octanol–water partition coefficient (Wildman–Crippen LogP) is 3.46. The van der Waals surface area contributed by atoms with Gasteiger partial charge in [0.2, 0.25) is 21.9 Å². The zero-order valence-corrected chi connectivity index (χ0v) is 21.4. The number of halogens is 3. The quantitative estimate of drug-likeness (QED) is 0.351. The van der Waals surface area contributed by atoms with E-state index in [1.54, 1.807) is 36.4 Å². The fraction of sp³-hybridized carbons (Fsp3) is 0.333. The van der Waals surface area contributed by atoms with E-state index in [-0.39, 0.29) is 36.7 Å². The van der Waals surface area contributed by atoms with Gasteiger partial charge in [0, 0.05) is 43.3 Å². The number of sulfonamides is 1. The van der Waals surface area contributed by atoms with Gasteiger partial charge in [-0.3, -0.25) is 9.10 Å². The van der Waals surface area contributed by atoms with Crippen LogP contribution >= 0.6 is 0 Å². The summed E-state index contributed by atoms with van der Waals surface area (Å²) in [5.74, 6) is -0.552. The summed E-state index contributed by atoms with van der Waals surface area (Å²) in [7, 11) is -2.34. The van der Waals surface area contributed by atoms with E-state index in [1.165, 1.54) is 13.2 Å². The lowest BCUT2D eigenvalue weighted by atomic mass is 10.1. The molecule has 38 heavy (non-hydrogen) atoms. The van der Waals surface area contributed by atoms with E-state index in [0.717, 1.165) is 29.0 Å². The van der Waals surface area contributed by atoms with Crippen molar-refractivity contribution in [2.24, 2.45) is 0 Å². The molecular formula is C24H26F3N7O3S. The molecular weight excluding hydrogens is 523 g/mol. The summed E-state index contributed by atoms with van der Waals surface area (Å²) in [5, 5.41) is 8.42. The number of nitrogens with zero attached hydrogens (tertiary/aromatic N) is 4. The second-order valence-electron chi connectivity index (χ2n) is 8.86. The van der Waals surface area contributed by atoms with Crippen molar-refractivity contribution in [1.29, 1.82) is 0 Å². The van der Waals surface area contributed by atoms with E-state index >= 15 is 0 Å². The molecule has 0 spiro atoms. The number of nitrogens with one attached hydrogen (secondary N) is 3. The fourth-order valence-electron chi connectivity index (χ4n) is 3.50. The molecule has 10 nitrogen and oxygen atoms in total. The number of rotatable bonds is 10. The Morgan fingerprint density at radius 3 is 2.47 bits per heavy atom. The van der Waals surface area contributed by atoms with Crippen LogP contribution in [0.15, 0.2) is 48.8 Å². The second-order valence-corrected chi connectivity index (χ2v) is 10.9. The van der Waals surface area contributed by atoms with E-state index < -0.39 is 27.6 Å². The van der Waals surface area contributed by atoms with E-state index in [2.05, 4.69) is 30.9 Å². The number of benzene rings is 1. The number of alkyl halides is 3. The van der Waals surface area contributed by atoms with E-state index in [4.69, 9.17) is 0 Å². The second kappa shape index (κ2) is 10.8. The zero-order valence-electron chi connectivity index (χ0n) is 20.6. The van der Waals surface area contributed by atoms with Crippen LogP contribution in [0.5, 0.6) is 0 Å². The van der Waals surface area contributed by atoms with Crippen LogP contribution < -0.4 is 20.3 Å². The molecule has 0 saturated heterocycles. The Kier molecular flexibility index (Phi) is 7.71. The number of hydrogen-bond donors (Lipinski definition) is 3. The van der Waals surface area contributed by atoms with Gasteiger partial charge >= 0.3 is 6.18 Å². The smallest absolute Gasteiger partial charge is 0.365 e. The van der Waals surface area contributed by atoms with Crippen LogP contribution in [0.4, 0.5) is 36.4 Å². The van der Waals surface area contributed by atoms with Gasteiger partial charge in [-0.25, -0.2) is 18.4 Å². The lowest BCUT2D eigenvalue weighted by molar-refractivity contribution is -0.137. The summed E-state index contributed by atoms with van der Waals surface area (Å²) >= 11 is 0. The molecule has 0 aliphatic heterocycles. The van der Waals surface area contributed by atoms with E-state index in [0.29, 0.717) is 17.4 Å². The molecule has 1 aromatic carbocycles. The first-order valence-corrected chi connectivity index (χ1v) is 13.5. The Morgan fingerprint density at radius 2 is 1.84 bits per heavy atom. The first-order valence-electron chi connectivity index (χ1n) is 11.6. The topological polar surface area (TPSA) is 129 Å². The number of amides is 1. The summed E-state index contributed by atoms with van der Waals surface area (Å²) in [6, 6.07) is 10.2. The third-order valence-electron chi connectivity index (χ3n) is 5.72. The van der Waals surface area contributed by atoms with Gasteiger partial charge in [-0.1, -0.05) is 18.2 Å². The van der Waals surface area contributed by atoms with Gasteiger partial charge in [0.1, 0.15) is 17.2 Å². The van der Waals surface area contributed by atoms with Gasteiger partial charge in [0.05, 0.1) is 12.7 Å². The molecule has 0 bridgehead atoms. The average molecular weight is 550 g/mol. The highest BCUT2D eigenvalue weighted by Gasteiger charge is 2.35. The Morgan fingerprint density at radius 1 is 1.13 bits per heavy atom. The zero-order chi connectivity index (χ0) is 27.5. The minimum atomic E-state index is -4.73. The van der Waals surface area contributed by atoms with Gasteiger partial charge < -0.3 is 16.0 Å². The standard InChI is InChI=1S/C24H26F3N7O3S/c1-34(38(2,36)37)22-16(4-3-11-28-22)13-29-21-19(24(25,26)27)14-30-23(33-21)32-18-7-5-15(6-8-18)12-20(35)31-17-9-10-17/h3-8,11,14,17H,9-10,12-13H2,1-2H3,(H,31,35)(H2,29,30,32,33). The summed E-state index contributed by atoms with van der Waals surface area (Å²) in [6.07, 6.45) is 0.551. The summed E-state index contributed by atoms with van der Waals surface area (Å²) in [5.41, 5.74) is 0.576. The van der Waals surface area contributed by atoms with Crippen LogP contribution in [0.1, 0.15) is 29.5 Å². The molecule has 0 radical (unpaired) electrons. The molecule has 3 N–H and O–H groups in total. The van der Waals surface area contributed by atoms with Crippen LogP contribution in [-0.2, 0) is 34.0 Å². The maximum Gasteiger partial charge on any atom is 0.421 e. The lowest BCUT2D eigenvalue weighted by Gasteiger charge is -2.20. The first kappa shape index (κ1) is 27.1. The number of carbonyl (C=O) groups is 1. The Bertz CT molecular complexity index is 1410. The molecule has 1 aliphatic rings. The van der Waals surface area contributed by atoms with Crippen LogP contribution in [0, 0.1) is 0 Å². The fourth-order valence-corrected chi connectivity index (χ4v) is 3.98.